The van der Waals surface area contributed by atoms with Crippen molar-refractivity contribution in [2.45, 2.75) is 200 Å². The van der Waals surface area contributed by atoms with Crippen LogP contribution in [0.5, 0.6) is 0 Å². The molecule has 0 aromatic rings. The van der Waals surface area contributed by atoms with E-state index in [1.54, 1.807) is 0 Å². The molecule has 9 heteroatoms. The molecule has 0 bridgehead atoms. The number of carbonyl (C=O) groups is 1. The van der Waals surface area contributed by atoms with Gasteiger partial charge in [-0.3, -0.25) is 13.8 Å². The molecule has 3 N–H and O–H groups in total. The smallest absolute Gasteiger partial charge is 0.457 e. The number of nitrogens with two attached hydrogens (primary N) is 1. The van der Waals surface area contributed by atoms with Gasteiger partial charge in [-0.1, -0.05) is 174 Å². The molecule has 0 radical (unpaired) electrons. The van der Waals surface area contributed by atoms with Crippen molar-refractivity contribution < 1.29 is 32.8 Å². The monoisotopic (exact) mass is 678 g/mol. The Labute approximate surface area is 284 Å². The van der Waals surface area contributed by atoms with Gasteiger partial charge >= 0.3 is 13.8 Å². The number of carbonyl (C=O) groups excluding carboxylic acids is 1. The van der Waals surface area contributed by atoms with Crippen LogP contribution >= 0.6 is 7.82 Å². The molecule has 0 aliphatic carbocycles. The van der Waals surface area contributed by atoms with E-state index >= 15 is 0 Å². The van der Waals surface area contributed by atoms with Crippen LogP contribution in [0.1, 0.15) is 194 Å². The number of unbranched alkanes of at least 4 members (excludes halogenated alkanes) is 25. The summed E-state index contributed by atoms with van der Waals surface area (Å²) in [6.07, 6.45) is 33.9. The van der Waals surface area contributed by atoms with Crippen molar-refractivity contribution in [3.8, 4) is 0 Å². The van der Waals surface area contributed by atoms with Crippen LogP contribution in [-0.4, -0.2) is 49.9 Å². The fraction of sp³-hybridized carbons (Fsp3) is 0.973. The van der Waals surface area contributed by atoms with Crippen LogP contribution in [0.4, 0.5) is 0 Å². The topological polar surface area (TPSA) is 117 Å². The lowest BCUT2D eigenvalue weighted by atomic mass is 10.0. The van der Waals surface area contributed by atoms with E-state index in [1.807, 2.05) is 0 Å². The number of hydrogen-bond donors (Lipinski definition) is 2. The predicted molar refractivity (Wildman–Crippen MR) is 192 cm³/mol. The Balaban J connectivity index is 4.04. The molecule has 0 aliphatic rings. The molecule has 0 aromatic heterocycles. The minimum atomic E-state index is -4.26. The van der Waals surface area contributed by atoms with Gasteiger partial charge in [0.15, 0.2) is 0 Å². The standard InChI is InChI=1S/C37H76NO7P/c1-3-5-7-9-11-13-15-17-18-20-22-24-26-28-30-37(39)45-36(35-44-46(40,41)43-33-31-38)34-42-32-29-27-25-23-21-19-16-14-12-10-8-6-4-2/h36H,3-35,38H2,1-2H3,(H,40,41). The Morgan fingerprint density at radius 2 is 0.957 bits per heavy atom. The zero-order chi connectivity index (χ0) is 33.8. The molecule has 276 valence electrons. The fourth-order valence-electron chi connectivity index (χ4n) is 5.64. The van der Waals surface area contributed by atoms with E-state index in [-0.39, 0.29) is 32.3 Å². The average Bonchev–Trinajstić information content (AvgIpc) is 3.04. The van der Waals surface area contributed by atoms with Crippen molar-refractivity contribution in [2.24, 2.45) is 5.73 Å². The lowest BCUT2D eigenvalue weighted by Crippen LogP contribution is -2.28. The van der Waals surface area contributed by atoms with E-state index in [1.165, 1.54) is 141 Å². The van der Waals surface area contributed by atoms with Crippen LogP contribution in [0.3, 0.4) is 0 Å². The van der Waals surface area contributed by atoms with Crippen LogP contribution in [0.15, 0.2) is 0 Å². The summed E-state index contributed by atoms with van der Waals surface area (Å²) in [4.78, 5) is 22.4. The maximum atomic E-state index is 12.5. The average molecular weight is 678 g/mol. The molecule has 0 aliphatic heterocycles. The SMILES string of the molecule is CCCCCCCCCCCCCCCCC(=O)OC(COCCCCCCCCCCCCCCC)COP(=O)(O)OCCN. The van der Waals surface area contributed by atoms with Gasteiger partial charge in [-0.25, -0.2) is 4.57 Å². The number of phosphoric ester groups is 1. The van der Waals surface area contributed by atoms with Crippen LogP contribution in [0.2, 0.25) is 0 Å². The first-order valence-corrected chi connectivity index (χ1v) is 21.0. The highest BCUT2D eigenvalue weighted by atomic mass is 31.2. The van der Waals surface area contributed by atoms with Gasteiger partial charge in [-0.15, -0.1) is 0 Å². The zero-order valence-corrected chi connectivity index (χ0v) is 31.2. The Morgan fingerprint density at radius 1 is 0.565 bits per heavy atom. The van der Waals surface area contributed by atoms with E-state index < -0.39 is 13.9 Å². The Morgan fingerprint density at radius 3 is 1.37 bits per heavy atom. The van der Waals surface area contributed by atoms with E-state index in [4.69, 9.17) is 24.3 Å². The van der Waals surface area contributed by atoms with Gasteiger partial charge in [-0.05, 0) is 12.8 Å². The summed E-state index contributed by atoms with van der Waals surface area (Å²) in [6.45, 7) is 4.96. The van der Waals surface area contributed by atoms with Gasteiger partial charge < -0.3 is 20.1 Å². The largest absolute Gasteiger partial charge is 0.472 e. The van der Waals surface area contributed by atoms with E-state index in [2.05, 4.69) is 13.8 Å². The summed E-state index contributed by atoms with van der Waals surface area (Å²) in [6, 6.07) is 0. The second-order valence-electron chi connectivity index (χ2n) is 13.2. The highest BCUT2D eigenvalue weighted by Gasteiger charge is 2.25. The first-order chi connectivity index (χ1) is 22.4. The van der Waals surface area contributed by atoms with Gasteiger partial charge in [-0.2, -0.15) is 0 Å². The molecule has 0 rings (SSSR count). The summed E-state index contributed by atoms with van der Waals surface area (Å²) < 4.78 is 33.3. The van der Waals surface area contributed by atoms with Crippen molar-refractivity contribution in [3.63, 3.8) is 0 Å². The maximum absolute atomic E-state index is 12.5. The van der Waals surface area contributed by atoms with Gasteiger partial charge in [0, 0.05) is 19.6 Å². The molecular formula is C37H76NO7P. The molecule has 0 saturated heterocycles. The van der Waals surface area contributed by atoms with Crippen LogP contribution in [-0.2, 0) is 27.9 Å². The van der Waals surface area contributed by atoms with Crippen molar-refractivity contribution in [2.75, 3.05) is 33.0 Å². The summed E-state index contributed by atoms with van der Waals surface area (Å²) in [5.74, 6) is -0.326. The number of rotatable bonds is 38. The minimum Gasteiger partial charge on any atom is -0.457 e. The summed E-state index contributed by atoms with van der Waals surface area (Å²) >= 11 is 0. The van der Waals surface area contributed by atoms with Gasteiger partial charge in [0.05, 0.1) is 19.8 Å². The Kier molecular flexibility index (Phi) is 35.4. The molecule has 8 nitrogen and oxygen atoms in total. The Hall–Kier alpha value is -0.500. The molecule has 2 atom stereocenters. The van der Waals surface area contributed by atoms with Gasteiger partial charge in [0.25, 0.3) is 0 Å². The Bertz CT molecular complexity index is 682. The fourth-order valence-corrected chi connectivity index (χ4v) is 6.41. The lowest BCUT2D eigenvalue weighted by Gasteiger charge is -2.20. The number of ether oxygens (including phenoxy) is 2. The molecule has 2 unspecified atom stereocenters. The van der Waals surface area contributed by atoms with E-state index in [0.717, 1.165) is 32.1 Å². The summed E-state index contributed by atoms with van der Waals surface area (Å²) in [5, 5.41) is 0. The number of hydrogen-bond acceptors (Lipinski definition) is 7. The second kappa shape index (κ2) is 35.8. The maximum Gasteiger partial charge on any atom is 0.472 e. The third-order valence-corrected chi connectivity index (χ3v) is 9.51. The highest BCUT2D eigenvalue weighted by Crippen LogP contribution is 2.43. The van der Waals surface area contributed by atoms with E-state index in [0.29, 0.717) is 13.0 Å². The molecular weight excluding hydrogens is 601 g/mol. The van der Waals surface area contributed by atoms with Crippen LogP contribution in [0, 0.1) is 0 Å². The molecule has 0 heterocycles. The number of phosphoric acid groups is 1. The van der Waals surface area contributed by atoms with Crippen LogP contribution < -0.4 is 5.73 Å². The quantitative estimate of drug-likeness (QED) is 0.0377. The van der Waals surface area contributed by atoms with Crippen molar-refractivity contribution in [1.82, 2.24) is 0 Å². The molecule has 0 saturated carbocycles. The first-order valence-electron chi connectivity index (χ1n) is 19.5. The number of esters is 1. The second-order valence-corrected chi connectivity index (χ2v) is 14.6. The van der Waals surface area contributed by atoms with Crippen molar-refractivity contribution in [1.29, 1.82) is 0 Å². The molecule has 0 fully saturated rings. The normalized spacial score (nSPS) is 13.6. The molecule has 46 heavy (non-hydrogen) atoms. The molecule has 0 aromatic carbocycles. The van der Waals surface area contributed by atoms with Gasteiger partial charge in [0.1, 0.15) is 6.10 Å². The first kappa shape index (κ1) is 45.5. The summed E-state index contributed by atoms with van der Waals surface area (Å²) in [5.41, 5.74) is 5.35. The minimum absolute atomic E-state index is 0.0904. The third kappa shape index (κ3) is 34.8. The molecule has 0 spiro atoms. The van der Waals surface area contributed by atoms with Crippen molar-refractivity contribution in [3.05, 3.63) is 0 Å². The predicted octanol–water partition coefficient (Wildman–Crippen LogP) is 11.0. The van der Waals surface area contributed by atoms with Gasteiger partial charge in [0.2, 0.25) is 0 Å². The highest BCUT2D eigenvalue weighted by molar-refractivity contribution is 7.47. The van der Waals surface area contributed by atoms with Crippen molar-refractivity contribution >= 4 is 13.8 Å². The third-order valence-electron chi connectivity index (χ3n) is 8.52. The van der Waals surface area contributed by atoms with E-state index in [9.17, 15) is 14.3 Å². The van der Waals surface area contributed by atoms with Crippen LogP contribution in [0.25, 0.3) is 0 Å². The zero-order valence-electron chi connectivity index (χ0n) is 30.3. The summed E-state index contributed by atoms with van der Waals surface area (Å²) in [7, 11) is -4.26. The molecule has 0 amide bonds. The lowest BCUT2D eigenvalue weighted by molar-refractivity contribution is -0.154.